The topological polar surface area (TPSA) is 107 Å². The highest BCUT2D eigenvalue weighted by Crippen LogP contribution is 2.27. The molecular weight excluding hydrogens is 342 g/mol. The number of fused-ring (bicyclic) bond motifs is 1. The van der Waals surface area contributed by atoms with E-state index in [4.69, 9.17) is 10.2 Å². The molecule has 0 atom stereocenters. The van der Waals surface area contributed by atoms with Crippen LogP contribution < -0.4 is 10.5 Å². The molecule has 0 saturated carbocycles. The molecule has 3 aromatic rings. The number of sulfonamides is 1. The van der Waals surface area contributed by atoms with Crippen LogP contribution in [0.3, 0.4) is 0 Å². The molecule has 132 valence electrons. The van der Waals surface area contributed by atoms with Gasteiger partial charge in [-0.1, -0.05) is 18.2 Å². The fourth-order valence-corrected chi connectivity index (χ4v) is 3.59. The lowest BCUT2D eigenvalue weighted by molar-refractivity contribution is 0.0930. The highest BCUT2D eigenvalue weighted by atomic mass is 32.2. The molecule has 25 heavy (non-hydrogen) atoms. The highest BCUT2D eigenvalue weighted by molar-refractivity contribution is 7.89. The number of aromatic nitrogens is 1. The van der Waals surface area contributed by atoms with Gasteiger partial charge in [0.2, 0.25) is 5.09 Å². The Labute approximate surface area is 145 Å². The average Bonchev–Trinajstić information content (AvgIpc) is 3.20. The smallest absolute Gasteiger partial charge is 0.298 e. The summed E-state index contributed by atoms with van der Waals surface area (Å²) >= 11 is 0. The van der Waals surface area contributed by atoms with E-state index in [0.717, 1.165) is 22.2 Å². The summed E-state index contributed by atoms with van der Waals surface area (Å²) in [4.78, 5) is 13.0. The minimum Gasteiger partial charge on any atom is -0.438 e. The predicted molar refractivity (Wildman–Crippen MR) is 94.1 cm³/mol. The zero-order valence-electron chi connectivity index (χ0n) is 13.9. The lowest BCUT2D eigenvalue weighted by Crippen LogP contribution is -2.18. The van der Waals surface area contributed by atoms with Crippen LogP contribution in [0.15, 0.2) is 45.9 Å². The number of para-hydroxylation sites is 1. The number of furan rings is 1. The summed E-state index contributed by atoms with van der Waals surface area (Å²) in [5.41, 5.74) is 8.21. The Bertz CT molecular complexity index is 1050. The van der Waals surface area contributed by atoms with Crippen LogP contribution in [0.1, 0.15) is 21.8 Å². The van der Waals surface area contributed by atoms with Gasteiger partial charge >= 0.3 is 0 Å². The molecule has 0 bridgehead atoms. The third kappa shape index (κ3) is 2.88. The number of hydrogen-bond donors (Lipinski definition) is 2. The Balaban J connectivity index is 2.14. The van der Waals surface area contributed by atoms with E-state index in [0.29, 0.717) is 13.0 Å². The van der Waals surface area contributed by atoms with Crippen LogP contribution in [-0.4, -0.2) is 32.5 Å². The van der Waals surface area contributed by atoms with E-state index in [1.165, 1.54) is 23.7 Å². The fourth-order valence-electron chi connectivity index (χ4n) is 2.95. The van der Waals surface area contributed by atoms with Crippen molar-refractivity contribution in [1.29, 1.82) is 0 Å². The maximum atomic E-state index is 13.0. The van der Waals surface area contributed by atoms with Gasteiger partial charge in [-0.05, 0) is 50.7 Å². The molecule has 3 rings (SSSR count). The van der Waals surface area contributed by atoms with Crippen molar-refractivity contribution in [3.8, 4) is 0 Å². The highest BCUT2D eigenvalue weighted by Gasteiger charge is 2.24. The minimum atomic E-state index is -3.74. The summed E-state index contributed by atoms with van der Waals surface area (Å²) in [5.74, 6) is -0.466. The third-order valence-electron chi connectivity index (χ3n) is 4.17. The summed E-state index contributed by atoms with van der Waals surface area (Å²) < 4.78 is 32.6. The van der Waals surface area contributed by atoms with Gasteiger partial charge in [-0.15, -0.1) is 0 Å². The van der Waals surface area contributed by atoms with Gasteiger partial charge in [-0.3, -0.25) is 9.36 Å². The van der Waals surface area contributed by atoms with Crippen LogP contribution in [0.25, 0.3) is 10.9 Å². The molecular formula is C17H19N3O4S. The summed E-state index contributed by atoms with van der Waals surface area (Å²) in [6.07, 6.45) is 0.643. The van der Waals surface area contributed by atoms with Gasteiger partial charge in [0, 0.05) is 11.1 Å². The number of nitrogens with zero attached hydrogens (tertiary/aromatic N) is 1. The van der Waals surface area contributed by atoms with Gasteiger partial charge < -0.3 is 10.2 Å². The lowest BCUT2D eigenvalue weighted by atomic mass is 10.1. The third-order valence-corrected chi connectivity index (χ3v) is 5.45. The Morgan fingerprint density at radius 2 is 1.96 bits per heavy atom. The van der Waals surface area contributed by atoms with Gasteiger partial charge in [0.15, 0.2) is 5.76 Å². The van der Waals surface area contributed by atoms with Crippen molar-refractivity contribution in [3.05, 3.63) is 53.4 Å². The monoisotopic (exact) mass is 361 g/mol. The van der Waals surface area contributed by atoms with Crippen molar-refractivity contribution >= 4 is 26.8 Å². The Kier molecular flexibility index (Phi) is 4.51. The van der Waals surface area contributed by atoms with Crippen molar-refractivity contribution in [3.63, 3.8) is 0 Å². The number of rotatable bonds is 5. The molecule has 0 aliphatic carbocycles. The zero-order valence-corrected chi connectivity index (χ0v) is 14.8. The molecule has 2 heterocycles. The van der Waals surface area contributed by atoms with E-state index in [-0.39, 0.29) is 10.9 Å². The first-order valence-electron chi connectivity index (χ1n) is 7.77. The quantitative estimate of drug-likeness (QED) is 0.718. The largest absolute Gasteiger partial charge is 0.438 e. The zero-order chi connectivity index (χ0) is 18.2. The fraction of sp³-hybridized carbons (Fsp3) is 0.235. The maximum absolute atomic E-state index is 13.0. The minimum absolute atomic E-state index is 0.0445. The molecule has 0 unspecified atom stereocenters. The van der Waals surface area contributed by atoms with Crippen LogP contribution in [-0.2, 0) is 16.4 Å². The second kappa shape index (κ2) is 6.47. The Morgan fingerprint density at radius 3 is 2.64 bits per heavy atom. The van der Waals surface area contributed by atoms with Crippen LogP contribution >= 0.6 is 0 Å². The predicted octanol–water partition coefficient (Wildman–Crippen LogP) is 1.64. The molecule has 2 aromatic heterocycles. The summed E-state index contributed by atoms with van der Waals surface area (Å²) in [6, 6.07) is 10.2. The van der Waals surface area contributed by atoms with Crippen LogP contribution in [0, 0.1) is 6.92 Å². The normalized spacial score (nSPS) is 12.0. The van der Waals surface area contributed by atoms with Crippen molar-refractivity contribution in [2.24, 2.45) is 5.73 Å². The molecule has 0 amide bonds. The Morgan fingerprint density at radius 1 is 1.24 bits per heavy atom. The molecule has 0 saturated heterocycles. The molecule has 0 radical (unpaired) electrons. The first-order valence-corrected chi connectivity index (χ1v) is 9.26. The van der Waals surface area contributed by atoms with Crippen LogP contribution in [0.4, 0.5) is 0 Å². The number of carbonyl (C=O) groups is 1. The van der Waals surface area contributed by atoms with Gasteiger partial charge in [-0.2, -0.15) is 0 Å². The van der Waals surface area contributed by atoms with Crippen molar-refractivity contribution in [2.45, 2.75) is 18.4 Å². The lowest BCUT2D eigenvalue weighted by Gasteiger charge is -2.05. The van der Waals surface area contributed by atoms with Gasteiger partial charge in [0.1, 0.15) is 0 Å². The average molecular weight is 361 g/mol. The second-order valence-corrected chi connectivity index (χ2v) is 7.40. The Hall–Kier alpha value is -2.42. The van der Waals surface area contributed by atoms with E-state index in [2.05, 4.69) is 4.72 Å². The molecule has 1 aromatic carbocycles. The number of benzene rings is 1. The van der Waals surface area contributed by atoms with Crippen LogP contribution in [0.2, 0.25) is 0 Å². The molecule has 7 nitrogen and oxygen atoms in total. The molecule has 0 aliphatic heterocycles. The number of nitrogens with two attached hydrogens (primary N) is 1. The summed E-state index contributed by atoms with van der Waals surface area (Å²) in [5, 5.41) is 0.656. The molecule has 0 aliphatic rings. The van der Waals surface area contributed by atoms with Crippen molar-refractivity contribution < 1.29 is 17.6 Å². The van der Waals surface area contributed by atoms with E-state index in [1.807, 2.05) is 31.2 Å². The molecule has 0 spiro atoms. The molecule has 8 heteroatoms. The number of hydrogen-bond acceptors (Lipinski definition) is 5. The first kappa shape index (κ1) is 17.4. The molecule has 3 N–H and O–H groups in total. The second-order valence-electron chi connectivity index (χ2n) is 5.59. The van der Waals surface area contributed by atoms with Gasteiger partial charge in [0.05, 0.1) is 5.52 Å². The number of nitrogens with one attached hydrogen (secondary N) is 1. The van der Waals surface area contributed by atoms with Crippen molar-refractivity contribution in [1.82, 2.24) is 9.29 Å². The van der Waals surface area contributed by atoms with Crippen molar-refractivity contribution in [2.75, 3.05) is 13.6 Å². The summed E-state index contributed by atoms with van der Waals surface area (Å²) in [6.45, 7) is 2.31. The number of carbonyl (C=O) groups excluding carboxylic acids is 1. The van der Waals surface area contributed by atoms with Gasteiger partial charge in [-0.25, -0.2) is 13.1 Å². The van der Waals surface area contributed by atoms with Crippen LogP contribution in [0.5, 0.6) is 0 Å². The first-order chi connectivity index (χ1) is 11.9. The van der Waals surface area contributed by atoms with E-state index in [9.17, 15) is 13.2 Å². The maximum Gasteiger partial charge on any atom is 0.298 e. The SMILES string of the molecule is CNS(=O)(=O)c1ccc(C(=O)n2c(C)c(CCN)c3ccccc32)o1. The van der Waals surface area contributed by atoms with E-state index in [1.54, 1.807) is 0 Å². The molecule has 0 fully saturated rings. The van der Waals surface area contributed by atoms with E-state index >= 15 is 0 Å². The van der Waals surface area contributed by atoms with Gasteiger partial charge in [0.25, 0.3) is 15.9 Å². The standard InChI is InChI=1S/C17H19N3O4S/c1-11-12(9-10-18)13-5-3-4-6-14(13)20(11)17(21)15-7-8-16(24-15)25(22,23)19-2/h3-8,19H,9-10,18H2,1-2H3. The summed E-state index contributed by atoms with van der Waals surface area (Å²) in [7, 11) is -2.46. The van der Waals surface area contributed by atoms with E-state index < -0.39 is 15.9 Å².